The Morgan fingerprint density at radius 2 is 1.44 bits per heavy atom. The molecule has 2 saturated carbocycles. The lowest BCUT2D eigenvalue weighted by atomic mass is 9.84. The highest BCUT2D eigenvalue weighted by Crippen LogP contribution is 2.45. The second-order valence-corrected chi connectivity index (χ2v) is 12.4. The Balaban J connectivity index is 1.92. The van der Waals surface area contributed by atoms with Crippen LogP contribution in [0.3, 0.4) is 0 Å². The molecule has 0 bridgehead atoms. The van der Waals surface area contributed by atoms with E-state index >= 15 is 0 Å². The van der Waals surface area contributed by atoms with Crippen LogP contribution in [0.25, 0.3) is 0 Å². The zero-order valence-corrected chi connectivity index (χ0v) is 24.2. The molecule has 0 heterocycles. The maximum Gasteiger partial charge on any atom is 0.315 e. The molecule has 2 fully saturated rings. The molecule has 0 spiro atoms. The molecule has 0 amide bonds. The zero-order chi connectivity index (χ0) is 28.9. The van der Waals surface area contributed by atoms with Crippen LogP contribution in [0.5, 0.6) is 0 Å². The van der Waals surface area contributed by atoms with E-state index in [4.69, 9.17) is 36.1 Å². The summed E-state index contributed by atoms with van der Waals surface area (Å²) in [6, 6.07) is -2.07. The first-order valence-electron chi connectivity index (χ1n) is 12.5. The van der Waals surface area contributed by atoms with Gasteiger partial charge < -0.3 is 18.9 Å². The van der Waals surface area contributed by atoms with E-state index in [9.17, 15) is 29.8 Å². The van der Waals surface area contributed by atoms with Crippen LogP contribution < -0.4 is 4.84 Å². The molecule has 14 nitrogen and oxygen atoms in total. The lowest BCUT2D eigenvalue weighted by Crippen LogP contribution is -2.42. The van der Waals surface area contributed by atoms with Gasteiger partial charge in [-0.3, -0.25) is 35.2 Å². The predicted octanol–water partition coefficient (Wildman–Crippen LogP) is 3.20. The number of nitrogens with one attached hydrogen (secondary N) is 2. The summed E-state index contributed by atoms with van der Waals surface area (Å²) in [5.41, 5.74) is 0. The molecule has 7 unspecified atom stereocenters. The topological polar surface area (TPSA) is 193 Å². The monoisotopic (exact) mass is 614 g/mol. The molecule has 0 aromatic heterocycles. The first kappa shape index (κ1) is 33.3. The van der Waals surface area contributed by atoms with E-state index in [1.165, 1.54) is 35.8 Å². The standard InChI is InChI=1S/C22H35ClN4O10S2/c1-34-19(24)7-9-36-21(28)15-11-13(3-5-17(15)26(30)31)38-39-14-4-6-18(27(32)33)16(12-14)22(29)37-10-8-20(25-23)35-2/h13-18,20,24-25H,3-12H2,1-2H3. The average molecular weight is 615 g/mol. The molecule has 0 aromatic carbocycles. The maximum absolute atomic E-state index is 12.7. The molecule has 7 atom stereocenters. The van der Waals surface area contributed by atoms with Gasteiger partial charge in [0.05, 0.1) is 26.7 Å². The van der Waals surface area contributed by atoms with Gasteiger partial charge >= 0.3 is 11.9 Å². The number of nitrogens with zero attached hydrogens (tertiary/aromatic N) is 2. The minimum absolute atomic E-state index is 0.00562. The van der Waals surface area contributed by atoms with Crippen LogP contribution in [0.15, 0.2) is 0 Å². The van der Waals surface area contributed by atoms with E-state index in [1.807, 2.05) is 0 Å². The Kier molecular flexibility index (Phi) is 14.6. The third-order valence-corrected chi connectivity index (χ3v) is 10.6. The van der Waals surface area contributed by atoms with E-state index in [2.05, 4.69) is 4.84 Å². The average Bonchev–Trinajstić information content (AvgIpc) is 2.93. The van der Waals surface area contributed by atoms with Gasteiger partial charge in [-0.05, 0) is 37.5 Å². The zero-order valence-electron chi connectivity index (χ0n) is 21.8. The summed E-state index contributed by atoms with van der Waals surface area (Å²) < 4.78 is 20.3. The number of rotatable bonds is 15. The van der Waals surface area contributed by atoms with E-state index in [0.29, 0.717) is 12.8 Å². The van der Waals surface area contributed by atoms with Crippen LogP contribution in [0.4, 0.5) is 0 Å². The number of methoxy groups -OCH3 is 2. The molecule has 2 N–H and O–H groups in total. The maximum atomic E-state index is 12.7. The van der Waals surface area contributed by atoms with E-state index in [0.717, 1.165) is 0 Å². The number of halogens is 1. The van der Waals surface area contributed by atoms with Crippen molar-refractivity contribution >= 4 is 51.2 Å². The van der Waals surface area contributed by atoms with Crippen LogP contribution in [0, 0.1) is 37.5 Å². The molecule has 0 aliphatic heterocycles. The minimum Gasteiger partial charge on any atom is -0.484 e. The molecular formula is C22H35ClN4O10S2. The van der Waals surface area contributed by atoms with Gasteiger partial charge in [0.25, 0.3) is 0 Å². The fourth-order valence-corrected chi connectivity index (χ4v) is 8.16. The highest BCUT2D eigenvalue weighted by molar-refractivity contribution is 8.77. The molecule has 2 aliphatic rings. The molecule has 2 aliphatic carbocycles. The smallest absolute Gasteiger partial charge is 0.315 e. The second-order valence-electron chi connectivity index (χ2n) is 9.32. The molecule has 17 heteroatoms. The van der Waals surface area contributed by atoms with Crippen molar-refractivity contribution in [3.63, 3.8) is 0 Å². The van der Waals surface area contributed by atoms with Crippen molar-refractivity contribution in [1.29, 1.82) is 5.41 Å². The molecule has 0 saturated heterocycles. The first-order chi connectivity index (χ1) is 18.6. The van der Waals surface area contributed by atoms with Crippen LogP contribution in [-0.2, 0) is 28.5 Å². The number of carbonyl (C=O) groups excluding carboxylic acids is 2. The largest absolute Gasteiger partial charge is 0.484 e. The highest BCUT2D eigenvalue weighted by Gasteiger charge is 2.46. The molecule has 39 heavy (non-hydrogen) atoms. The second kappa shape index (κ2) is 17.0. The summed E-state index contributed by atoms with van der Waals surface area (Å²) in [7, 11) is 5.76. The summed E-state index contributed by atoms with van der Waals surface area (Å²) in [5, 5.41) is 30.5. The number of nitro groups is 2. The number of carbonyl (C=O) groups is 2. The molecule has 0 radical (unpaired) electrons. The van der Waals surface area contributed by atoms with Gasteiger partial charge in [-0.15, -0.1) is 0 Å². The first-order valence-corrected chi connectivity index (χ1v) is 15.2. The van der Waals surface area contributed by atoms with Crippen molar-refractivity contribution in [2.24, 2.45) is 11.8 Å². The SMILES string of the molecule is COC(=N)CCOC(=O)C1CC(SSC2CCC([N+](=O)[O-])C(C(=O)OCCC(NCl)OC)C2)CCC1[N+](=O)[O-]. The Morgan fingerprint density at radius 3 is 1.85 bits per heavy atom. The minimum atomic E-state index is -1.04. The van der Waals surface area contributed by atoms with Gasteiger partial charge in [0, 0.05) is 46.7 Å². The fraction of sp³-hybridized carbons (Fsp3) is 0.864. The third-order valence-electron chi connectivity index (χ3n) is 6.86. The predicted molar refractivity (Wildman–Crippen MR) is 145 cm³/mol. The summed E-state index contributed by atoms with van der Waals surface area (Å²) in [5.74, 6) is -3.15. The van der Waals surface area contributed by atoms with Gasteiger partial charge in [-0.1, -0.05) is 21.6 Å². The Labute approximate surface area is 239 Å². The Hall–Kier alpha value is -1.88. The third kappa shape index (κ3) is 10.6. The van der Waals surface area contributed by atoms with Crippen molar-refractivity contribution < 1.29 is 38.4 Å². The number of hydrogen-bond donors (Lipinski definition) is 2. The lowest BCUT2D eigenvalue weighted by molar-refractivity contribution is -0.533. The summed E-state index contributed by atoms with van der Waals surface area (Å²) in [4.78, 5) is 50.0. The van der Waals surface area contributed by atoms with E-state index < -0.39 is 51.9 Å². The van der Waals surface area contributed by atoms with Crippen LogP contribution in [-0.4, -0.2) is 83.9 Å². The summed E-state index contributed by atoms with van der Waals surface area (Å²) in [6.45, 7) is -0.0982. The number of esters is 2. The van der Waals surface area contributed by atoms with Crippen molar-refractivity contribution in [1.82, 2.24) is 4.84 Å². The Morgan fingerprint density at radius 1 is 0.949 bits per heavy atom. The van der Waals surface area contributed by atoms with Gasteiger partial charge in [-0.25, -0.2) is 4.84 Å². The van der Waals surface area contributed by atoms with Crippen molar-refractivity contribution in [3.05, 3.63) is 20.2 Å². The summed E-state index contributed by atoms with van der Waals surface area (Å²) in [6.07, 6.45) is 1.89. The van der Waals surface area contributed by atoms with Crippen LogP contribution >= 0.6 is 33.4 Å². The normalized spacial score (nSPS) is 27.7. The molecule has 0 aromatic rings. The number of ether oxygens (including phenoxy) is 4. The van der Waals surface area contributed by atoms with Gasteiger partial charge in [0.2, 0.25) is 12.1 Å². The lowest BCUT2D eigenvalue weighted by Gasteiger charge is -2.32. The number of hydrogen-bond acceptors (Lipinski definition) is 14. The van der Waals surface area contributed by atoms with Gasteiger partial charge in [-0.2, -0.15) is 0 Å². The molecule has 2 rings (SSSR count). The van der Waals surface area contributed by atoms with Crippen LogP contribution in [0.2, 0.25) is 0 Å². The fourth-order valence-electron chi connectivity index (χ4n) is 4.62. The van der Waals surface area contributed by atoms with Gasteiger partial charge in [0.15, 0.2) is 5.90 Å². The highest BCUT2D eigenvalue weighted by atomic mass is 35.5. The van der Waals surface area contributed by atoms with E-state index in [1.54, 1.807) is 0 Å². The van der Waals surface area contributed by atoms with Gasteiger partial charge in [0.1, 0.15) is 18.1 Å². The van der Waals surface area contributed by atoms with Crippen molar-refractivity contribution in [2.75, 3.05) is 27.4 Å². The van der Waals surface area contributed by atoms with E-state index in [-0.39, 0.29) is 68.1 Å². The molecule has 222 valence electrons. The summed E-state index contributed by atoms with van der Waals surface area (Å²) >= 11 is 5.52. The quantitative estimate of drug-likeness (QED) is 0.0399. The Bertz CT molecular complexity index is 869. The van der Waals surface area contributed by atoms with Crippen molar-refractivity contribution in [3.8, 4) is 0 Å². The van der Waals surface area contributed by atoms with Crippen LogP contribution in [0.1, 0.15) is 51.4 Å². The van der Waals surface area contributed by atoms with Crippen molar-refractivity contribution in [2.45, 2.75) is 80.2 Å². The molecular weight excluding hydrogens is 580 g/mol.